The summed E-state index contributed by atoms with van der Waals surface area (Å²) in [4.78, 5) is 4.39. The fourth-order valence-corrected chi connectivity index (χ4v) is 2.58. The van der Waals surface area contributed by atoms with Crippen molar-refractivity contribution in [2.24, 2.45) is 0 Å². The Labute approximate surface area is 128 Å². The van der Waals surface area contributed by atoms with E-state index in [1.165, 1.54) is 0 Å². The van der Waals surface area contributed by atoms with Crippen molar-refractivity contribution in [3.63, 3.8) is 0 Å². The first kappa shape index (κ1) is 14.0. The third kappa shape index (κ3) is 2.76. The number of hydrogen-bond acceptors (Lipinski definition) is 4. The lowest BCUT2D eigenvalue weighted by Gasteiger charge is -2.05. The molecule has 0 saturated heterocycles. The van der Waals surface area contributed by atoms with Crippen molar-refractivity contribution in [1.29, 1.82) is 0 Å². The van der Waals surface area contributed by atoms with Crippen molar-refractivity contribution in [2.45, 2.75) is 33.2 Å². The third-order valence-corrected chi connectivity index (χ3v) is 3.64. The van der Waals surface area contributed by atoms with Crippen LogP contribution in [0.1, 0.15) is 30.4 Å². The Morgan fingerprint density at radius 2 is 2.24 bits per heavy atom. The van der Waals surface area contributed by atoms with Gasteiger partial charge in [-0.25, -0.2) is 4.98 Å². The van der Waals surface area contributed by atoms with E-state index in [1.807, 2.05) is 19.1 Å². The van der Waals surface area contributed by atoms with Crippen molar-refractivity contribution in [2.75, 3.05) is 5.32 Å². The Kier molecular flexibility index (Phi) is 3.88. The van der Waals surface area contributed by atoms with E-state index < -0.39 is 0 Å². The maximum atomic E-state index is 6.13. The normalized spacial score (nSPS) is 11.2. The maximum absolute atomic E-state index is 6.13. The summed E-state index contributed by atoms with van der Waals surface area (Å²) in [6.45, 7) is 4.73. The number of anilines is 1. The monoisotopic (exact) mass is 304 g/mol. The molecule has 0 radical (unpaired) electrons. The predicted molar refractivity (Wildman–Crippen MR) is 83.8 cm³/mol. The van der Waals surface area contributed by atoms with Gasteiger partial charge in [-0.1, -0.05) is 18.5 Å². The lowest BCUT2D eigenvalue weighted by atomic mass is 10.1. The smallest absolute Gasteiger partial charge is 0.176 e. The zero-order valence-corrected chi connectivity index (χ0v) is 12.8. The molecule has 21 heavy (non-hydrogen) atoms. The molecule has 0 spiro atoms. The number of nitrogens with one attached hydrogen (secondary N) is 1. The van der Waals surface area contributed by atoms with Gasteiger partial charge in [-0.15, -0.1) is 0 Å². The highest BCUT2D eigenvalue weighted by atomic mass is 35.5. The number of rotatable bonds is 5. The molecule has 0 bridgehead atoms. The van der Waals surface area contributed by atoms with Crippen LogP contribution in [0.5, 0.6) is 0 Å². The zero-order valence-electron chi connectivity index (χ0n) is 12.1. The van der Waals surface area contributed by atoms with Crippen LogP contribution >= 0.6 is 11.6 Å². The van der Waals surface area contributed by atoms with E-state index >= 15 is 0 Å². The SMILES string of the molecule is CCCc1oc2c(NCc3ccco3)cc(Cl)nc2c1C. The Morgan fingerprint density at radius 1 is 1.38 bits per heavy atom. The van der Waals surface area contributed by atoms with Gasteiger partial charge >= 0.3 is 0 Å². The molecule has 0 aliphatic heterocycles. The Morgan fingerprint density at radius 3 is 2.95 bits per heavy atom. The van der Waals surface area contributed by atoms with Crippen molar-refractivity contribution in [3.8, 4) is 0 Å². The molecule has 5 heteroatoms. The van der Waals surface area contributed by atoms with Crippen LogP contribution in [0.4, 0.5) is 5.69 Å². The van der Waals surface area contributed by atoms with E-state index in [9.17, 15) is 0 Å². The fraction of sp³-hybridized carbons (Fsp3) is 0.312. The van der Waals surface area contributed by atoms with Crippen LogP contribution < -0.4 is 5.32 Å². The number of pyridine rings is 1. The molecule has 3 aromatic heterocycles. The fourth-order valence-electron chi connectivity index (χ4n) is 2.38. The number of nitrogens with zero attached hydrogens (tertiary/aromatic N) is 1. The molecular formula is C16H17ClN2O2. The van der Waals surface area contributed by atoms with E-state index in [4.69, 9.17) is 20.4 Å². The summed E-state index contributed by atoms with van der Waals surface area (Å²) in [7, 11) is 0. The highest BCUT2D eigenvalue weighted by Crippen LogP contribution is 2.32. The highest BCUT2D eigenvalue weighted by molar-refractivity contribution is 6.30. The Bertz CT molecular complexity index is 747. The molecule has 3 aromatic rings. The first-order valence-corrected chi connectivity index (χ1v) is 7.41. The van der Waals surface area contributed by atoms with E-state index in [-0.39, 0.29) is 0 Å². The third-order valence-electron chi connectivity index (χ3n) is 3.45. The summed E-state index contributed by atoms with van der Waals surface area (Å²) in [5.41, 5.74) is 3.49. The first-order valence-electron chi connectivity index (χ1n) is 7.03. The number of hydrogen-bond donors (Lipinski definition) is 1. The van der Waals surface area contributed by atoms with E-state index in [0.29, 0.717) is 11.7 Å². The molecule has 0 saturated carbocycles. The second-order valence-corrected chi connectivity index (χ2v) is 5.39. The van der Waals surface area contributed by atoms with Gasteiger partial charge in [0.15, 0.2) is 5.58 Å². The first-order chi connectivity index (χ1) is 10.2. The number of aromatic nitrogens is 1. The molecule has 0 atom stereocenters. The molecular weight excluding hydrogens is 288 g/mol. The van der Waals surface area contributed by atoms with Gasteiger partial charge in [-0.05, 0) is 25.5 Å². The van der Waals surface area contributed by atoms with Gasteiger partial charge < -0.3 is 14.2 Å². The summed E-state index contributed by atoms with van der Waals surface area (Å²) in [6, 6.07) is 5.57. The summed E-state index contributed by atoms with van der Waals surface area (Å²) in [6.07, 6.45) is 3.59. The predicted octanol–water partition coefficient (Wildman–Crippen LogP) is 4.95. The molecule has 4 nitrogen and oxygen atoms in total. The van der Waals surface area contributed by atoms with Crippen LogP contribution in [0.15, 0.2) is 33.3 Å². The second kappa shape index (κ2) is 5.82. The molecule has 0 aliphatic rings. The number of aryl methyl sites for hydroxylation is 2. The van der Waals surface area contributed by atoms with Gasteiger partial charge in [0.05, 0.1) is 18.5 Å². The Hall–Kier alpha value is -1.94. The maximum Gasteiger partial charge on any atom is 0.176 e. The van der Waals surface area contributed by atoms with Gasteiger partial charge in [-0.2, -0.15) is 0 Å². The molecule has 0 fully saturated rings. The lowest BCUT2D eigenvalue weighted by Crippen LogP contribution is -1.99. The molecule has 110 valence electrons. The summed E-state index contributed by atoms with van der Waals surface area (Å²) in [5.74, 6) is 1.83. The molecule has 3 rings (SSSR count). The van der Waals surface area contributed by atoms with Gasteiger partial charge in [-0.3, -0.25) is 0 Å². The molecule has 0 unspecified atom stereocenters. The standard InChI is InChI=1S/C16H17ClN2O2/c1-3-5-13-10(2)15-16(21-13)12(8-14(17)19-15)18-9-11-6-4-7-20-11/h4,6-8H,3,5,9H2,1-2H3,(H,18,19). The average Bonchev–Trinajstić information content (AvgIpc) is 3.07. The highest BCUT2D eigenvalue weighted by Gasteiger charge is 2.16. The van der Waals surface area contributed by atoms with Gasteiger partial charge in [0.1, 0.15) is 22.2 Å². The molecule has 0 aromatic carbocycles. The lowest BCUT2D eigenvalue weighted by molar-refractivity contribution is 0.517. The minimum Gasteiger partial charge on any atom is -0.467 e. The summed E-state index contributed by atoms with van der Waals surface area (Å²) >= 11 is 6.13. The number of halogens is 1. The minimum atomic E-state index is 0.455. The van der Waals surface area contributed by atoms with Crippen molar-refractivity contribution in [3.05, 3.63) is 46.7 Å². The quantitative estimate of drug-likeness (QED) is 0.678. The van der Waals surface area contributed by atoms with E-state index in [2.05, 4.69) is 17.2 Å². The largest absolute Gasteiger partial charge is 0.467 e. The van der Waals surface area contributed by atoms with Crippen molar-refractivity contribution < 1.29 is 8.83 Å². The molecule has 1 N–H and O–H groups in total. The summed E-state index contributed by atoms with van der Waals surface area (Å²) < 4.78 is 11.3. The van der Waals surface area contributed by atoms with Gasteiger partial charge in [0, 0.05) is 18.1 Å². The number of furan rings is 2. The van der Waals surface area contributed by atoms with E-state index in [0.717, 1.165) is 46.7 Å². The summed E-state index contributed by atoms with van der Waals surface area (Å²) in [5, 5.41) is 3.76. The van der Waals surface area contributed by atoms with Gasteiger partial charge in [0.25, 0.3) is 0 Å². The number of fused-ring (bicyclic) bond motifs is 1. The van der Waals surface area contributed by atoms with Crippen molar-refractivity contribution >= 4 is 28.4 Å². The topological polar surface area (TPSA) is 51.2 Å². The van der Waals surface area contributed by atoms with E-state index in [1.54, 1.807) is 12.3 Å². The van der Waals surface area contributed by atoms with Crippen LogP contribution in [0.3, 0.4) is 0 Å². The minimum absolute atomic E-state index is 0.455. The van der Waals surface area contributed by atoms with Gasteiger partial charge in [0.2, 0.25) is 0 Å². The zero-order chi connectivity index (χ0) is 14.8. The molecule has 0 amide bonds. The molecule has 0 aliphatic carbocycles. The van der Waals surface area contributed by atoms with Crippen LogP contribution in [-0.2, 0) is 13.0 Å². The molecule has 3 heterocycles. The van der Waals surface area contributed by atoms with Crippen molar-refractivity contribution in [1.82, 2.24) is 4.98 Å². The average molecular weight is 305 g/mol. The van der Waals surface area contributed by atoms with Crippen LogP contribution in [0, 0.1) is 6.92 Å². The van der Waals surface area contributed by atoms with Crippen LogP contribution in [-0.4, -0.2) is 4.98 Å². The van der Waals surface area contributed by atoms with Crippen LogP contribution in [0.25, 0.3) is 11.1 Å². The van der Waals surface area contributed by atoms with Crippen LogP contribution in [0.2, 0.25) is 5.15 Å². The Balaban J connectivity index is 1.98. The second-order valence-electron chi connectivity index (χ2n) is 5.00.